The highest BCUT2D eigenvalue weighted by Gasteiger charge is 2.24. The summed E-state index contributed by atoms with van der Waals surface area (Å²) in [7, 11) is 4.17. The van der Waals surface area contributed by atoms with Crippen molar-refractivity contribution in [3.8, 4) is 5.75 Å². The number of halogens is 1. The van der Waals surface area contributed by atoms with Crippen LogP contribution in [0.1, 0.15) is 17.7 Å². The van der Waals surface area contributed by atoms with Crippen molar-refractivity contribution in [1.82, 2.24) is 9.88 Å². The molecule has 96 valence electrons. The van der Waals surface area contributed by atoms with Crippen LogP contribution in [0.5, 0.6) is 5.75 Å². The Labute approximate surface area is 105 Å². The van der Waals surface area contributed by atoms with Crippen LogP contribution in [0.4, 0.5) is 4.39 Å². The number of nitrogens with one attached hydrogen (secondary N) is 1. The highest BCUT2D eigenvalue weighted by Crippen LogP contribution is 2.33. The summed E-state index contributed by atoms with van der Waals surface area (Å²) in [6.45, 7) is 0. The van der Waals surface area contributed by atoms with Crippen molar-refractivity contribution in [2.75, 3.05) is 14.1 Å². The minimum absolute atomic E-state index is 0.267. The quantitative estimate of drug-likeness (QED) is 0.813. The molecule has 1 aromatic carbocycles. The number of aromatic amines is 1. The van der Waals surface area contributed by atoms with Gasteiger partial charge in [-0.2, -0.15) is 0 Å². The zero-order valence-corrected chi connectivity index (χ0v) is 10.6. The van der Waals surface area contributed by atoms with Crippen molar-refractivity contribution in [1.29, 1.82) is 0 Å². The monoisotopic (exact) mass is 248 g/mol. The van der Waals surface area contributed by atoms with Gasteiger partial charge in [0.25, 0.3) is 0 Å². The number of phenolic OH excluding ortho intramolecular Hbond substituents is 1. The van der Waals surface area contributed by atoms with Crippen molar-refractivity contribution in [3.63, 3.8) is 0 Å². The number of H-pyrrole nitrogens is 1. The molecule has 2 aromatic rings. The molecule has 0 aliphatic heterocycles. The first kappa shape index (κ1) is 11.5. The highest BCUT2D eigenvalue weighted by molar-refractivity contribution is 5.86. The molecule has 0 radical (unpaired) electrons. The summed E-state index contributed by atoms with van der Waals surface area (Å²) in [4.78, 5) is 5.50. The molecular weight excluding hydrogens is 231 g/mol. The number of hydrogen-bond donors (Lipinski definition) is 2. The number of benzene rings is 1. The lowest BCUT2D eigenvalue weighted by Crippen LogP contribution is -2.33. The van der Waals surface area contributed by atoms with E-state index < -0.39 is 5.82 Å². The molecule has 2 N–H and O–H groups in total. The Morgan fingerprint density at radius 3 is 2.89 bits per heavy atom. The Bertz CT molecular complexity index is 603. The minimum Gasteiger partial charge on any atom is -0.505 e. The molecule has 0 bridgehead atoms. The molecule has 1 aromatic heterocycles. The molecule has 1 unspecified atom stereocenters. The van der Waals surface area contributed by atoms with Gasteiger partial charge in [-0.25, -0.2) is 4.39 Å². The first-order chi connectivity index (χ1) is 8.56. The molecule has 4 heteroatoms. The number of phenols is 1. The smallest absolute Gasteiger partial charge is 0.166 e. The van der Waals surface area contributed by atoms with E-state index in [1.807, 2.05) is 0 Å². The van der Waals surface area contributed by atoms with Gasteiger partial charge in [-0.1, -0.05) is 0 Å². The second-order valence-electron chi connectivity index (χ2n) is 5.29. The lowest BCUT2D eigenvalue weighted by Gasteiger charge is -2.28. The summed E-state index contributed by atoms with van der Waals surface area (Å²) in [5, 5.41) is 10.5. The van der Waals surface area contributed by atoms with E-state index in [9.17, 15) is 9.50 Å². The summed E-state index contributed by atoms with van der Waals surface area (Å²) in [5.74, 6) is -0.832. The van der Waals surface area contributed by atoms with Gasteiger partial charge in [0, 0.05) is 28.7 Å². The molecule has 3 rings (SSSR count). The topological polar surface area (TPSA) is 39.3 Å². The summed E-state index contributed by atoms with van der Waals surface area (Å²) in [5.41, 5.74) is 3.20. The van der Waals surface area contributed by atoms with Gasteiger partial charge in [-0.15, -0.1) is 0 Å². The lowest BCUT2D eigenvalue weighted by atomic mass is 9.91. The Morgan fingerprint density at radius 1 is 1.39 bits per heavy atom. The van der Waals surface area contributed by atoms with E-state index in [1.54, 1.807) is 0 Å². The molecule has 0 amide bonds. The van der Waals surface area contributed by atoms with E-state index in [-0.39, 0.29) is 5.75 Å². The van der Waals surface area contributed by atoms with Gasteiger partial charge in [-0.3, -0.25) is 0 Å². The van der Waals surface area contributed by atoms with Crippen molar-refractivity contribution < 1.29 is 9.50 Å². The number of aryl methyl sites for hydroxylation is 1. The minimum atomic E-state index is -0.565. The van der Waals surface area contributed by atoms with Crippen LogP contribution in [-0.2, 0) is 12.8 Å². The van der Waals surface area contributed by atoms with Crippen LogP contribution in [-0.4, -0.2) is 35.1 Å². The van der Waals surface area contributed by atoms with E-state index in [1.165, 1.54) is 23.4 Å². The molecule has 3 nitrogen and oxygen atoms in total. The average Bonchev–Trinajstić information content (AvgIpc) is 2.66. The van der Waals surface area contributed by atoms with E-state index in [0.717, 1.165) is 30.2 Å². The van der Waals surface area contributed by atoms with Crippen molar-refractivity contribution >= 4 is 10.9 Å². The van der Waals surface area contributed by atoms with E-state index in [0.29, 0.717) is 6.04 Å². The van der Waals surface area contributed by atoms with Crippen molar-refractivity contribution in [2.45, 2.75) is 25.3 Å². The summed E-state index contributed by atoms with van der Waals surface area (Å²) in [6.07, 6.45) is 3.05. The van der Waals surface area contributed by atoms with Crippen LogP contribution < -0.4 is 0 Å². The number of fused-ring (bicyclic) bond motifs is 3. The number of aromatic hydroxyl groups is 1. The third kappa shape index (κ3) is 1.68. The molecule has 0 saturated heterocycles. The predicted octanol–water partition coefficient (Wildman–Crippen LogP) is 2.43. The third-order valence-corrected chi connectivity index (χ3v) is 3.96. The van der Waals surface area contributed by atoms with E-state index >= 15 is 0 Å². The van der Waals surface area contributed by atoms with Crippen LogP contribution in [0.3, 0.4) is 0 Å². The zero-order valence-electron chi connectivity index (χ0n) is 10.6. The molecule has 1 atom stereocenters. The molecule has 0 saturated carbocycles. The second kappa shape index (κ2) is 3.99. The Hall–Kier alpha value is -1.55. The fourth-order valence-electron chi connectivity index (χ4n) is 2.85. The molecule has 0 spiro atoms. The predicted molar refractivity (Wildman–Crippen MR) is 69.4 cm³/mol. The number of aromatic nitrogens is 1. The summed E-state index contributed by atoms with van der Waals surface area (Å²) < 4.78 is 13.3. The molecule has 1 aliphatic rings. The van der Waals surface area contributed by atoms with E-state index in [2.05, 4.69) is 24.0 Å². The summed E-state index contributed by atoms with van der Waals surface area (Å²) in [6, 6.07) is 3.44. The molecule has 0 fully saturated rings. The highest BCUT2D eigenvalue weighted by atomic mass is 19.1. The largest absolute Gasteiger partial charge is 0.505 e. The second-order valence-corrected chi connectivity index (χ2v) is 5.29. The van der Waals surface area contributed by atoms with Crippen molar-refractivity contribution in [2.24, 2.45) is 0 Å². The number of nitrogens with zero attached hydrogens (tertiary/aromatic N) is 1. The lowest BCUT2D eigenvalue weighted by molar-refractivity contribution is 0.268. The van der Waals surface area contributed by atoms with Gasteiger partial charge in [0.15, 0.2) is 11.6 Å². The molecule has 1 aliphatic carbocycles. The van der Waals surface area contributed by atoms with Gasteiger partial charge in [0.05, 0.1) is 0 Å². The summed E-state index contributed by atoms with van der Waals surface area (Å²) >= 11 is 0. The molecule has 18 heavy (non-hydrogen) atoms. The maximum atomic E-state index is 13.3. The maximum Gasteiger partial charge on any atom is 0.166 e. The van der Waals surface area contributed by atoms with Gasteiger partial charge in [0.2, 0.25) is 0 Å². The first-order valence-electron chi connectivity index (χ1n) is 6.24. The van der Waals surface area contributed by atoms with Gasteiger partial charge in [0.1, 0.15) is 0 Å². The number of likely N-dealkylation sites (N-methyl/N-ethyl adjacent to an activating group) is 1. The first-order valence-corrected chi connectivity index (χ1v) is 6.24. The van der Waals surface area contributed by atoms with Crippen LogP contribution >= 0.6 is 0 Å². The number of rotatable bonds is 1. The Morgan fingerprint density at radius 2 is 2.17 bits per heavy atom. The van der Waals surface area contributed by atoms with Crippen LogP contribution in [0.2, 0.25) is 0 Å². The maximum absolute atomic E-state index is 13.3. The number of hydrogen-bond acceptors (Lipinski definition) is 2. The normalized spacial score (nSPS) is 19.4. The Balaban J connectivity index is 2.12. The van der Waals surface area contributed by atoms with Crippen molar-refractivity contribution in [3.05, 3.63) is 29.2 Å². The fraction of sp³-hybridized carbons (Fsp3) is 0.429. The SMILES string of the molecule is CN(C)C1CCc2[nH]c3cc(F)c(O)cc3c2C1. The van der Waals surface area contributed by atoms with Gasteiger partial charge in [-0.05, 0) is 45.0 Å². The molecular formula is C14H17FN2O. The van der Waals surface area contributed by atoms with Gasteiger partial charge >= 0.3 is 0 Å². The molecule has 1 heterocycles. The zero-order chi connectivity index (χ0) is 12.9. The van der Waals surface area contributed by atoms with E-state index in [4.69, 9.17) is 0 Å². The Kier molecular flexibility index (Phi) is 2.55. The van der Waals surface area contributed by atoms with Crippen LogP contribution in [0, 0.1) is 5.82 Å². The fourth-order valence-corrected chi connectivity index (χ4v) is 2.85. The average molecular weight is 248 g/mol. The third-order valence-electron chi connectivity index (χ3n) is 3.96. The van der Waals surface area contributed by atoms with Crippen LogP contribution in [0.15, 0.2) is 12.1 Å². The van der Waals surface area contributed by atoms with Gasteiger partial charge < -0.3 is 15.0 Å². The standard InChI is InChI=1S/C14H17FN2O/c1-17(2)8-3-4-12-9(5-8)10-6-14(18)11(15)7-13(10)16-12/h6-8,16,18H,3-5H2,1-2H3. The van der Waals surface area contributed by atoms with Crippen LogP contribution in [0.25, 0.3) is 10.9 Å².